The highest BCUT2D eigenvalue weighted by atomic mass is 16.5. The minimum Gasteiger partial charge on any atom is -0.461 e. The smallest absolute Gasteiger partial charge is 0.302 e. The second kappa shape index (κ2) is 20.9. The highest BCUT2D eigenvalue weighted by molar-refractivity contribution is 5.99. The number of allylic oxidation sites excluding steroid dienone is 10. The summed E-state index contributed by atoms with van der Waals surface area (Å²) in [7, 11) is 0. The van der Waals surface area contributed by atoms with Crippen LogP contribution < -0.4 is 5.32 Å². The molecule has 60 heavy (non-hydrogen) atoms. The zero-order chi connectivity index (χ0) is 42.8. The summed E-state index contributed by atoms with van der Waals surface area (Å²) in [5, 5.41) is 3.42. The lowest BCUT2D eigenvalue weighted by Gasteiger charge is -2.30. The van der Waals surface area contributed by atoms with Gasteiger partial charge in [-0.05, 0) is 161 Å². The van der Waals surface area contributed by atoms with Crippen molar-refractivity contribution in [3.05, 3.63) is 129 Å². The van der Waals surface area contributed by atoms with Gasteiger partial charge in [-0.25, -0.2) is 4.99 Å². The number of carbonyl (C=O) groups is 3. The number of hydrogen-bond donors (Lipinski definition) is 1. The van der Waals surface area contributed by atoms with Crippen LogP contribution in [0.5, 0.6) is 0 Å². The number of aromatic nitrogens is 1. The largest absolute Gasteiger partial charge is 0.461 e. The first-order valence-electron chi connectivity index (χ1n) is 22.1. The summed E-state index contributed by atoms with van der Waals surface area (Å²) in [5.74, 6) is 1.37. The highest BCUT2D eigenvalue weighted by Gasteiger charge is 2.26. The number of nitrogens with one attached hydrogen (secondary N) is 1. The number of Topliss-reactive ketones (excluding diaryl/α,β-unsaturated/α-hetero) is 2. The van der Waals surface area contributed by atoms with Gasteiger partial charge in [0, 0.05) is 50.2 Å². The van der Waals surface area contributed by atoms with Crippen LogP contribution in [-0.2, 0) is 45.1 Å². The Hall–Kier alpha value is -5.08. The van der Waals surface area contributed by atoms with Gasteiger partial charge < -0.3 is 19.4 Å². The van der Waals surface area contributed by atoms with Crippen molar-refractivity contribution in [2.45, 2.75) is 131 Å². The summed E-state index contributed by atoms with van der Waals surface area (Å²) < 4.78 is 13.4. The van der Waals surface area contributed by atoms with Gasteiger partial charge >= 0.3 is 5.97 Å². The third-order valence-corrected chi connectivity index (χ3v) is 12.5. The van der Waals surface area contributed by atoms with Crippen LogP contribution in [0, 0.1) is 18.8 Å². The summed E-state index contributed by atoms with van der Waals surface area (Å²) in [4.78, 5) is 43.6. The van der Waals surface area contributed by atoms with Gasteiger partial charge in [0.25, 0.3) is 0 Å². The van der Waals surface area contributed by atoms with E-state index in [2.05, 4.69) is 60.3 Å². The lowest BCUT2D eigenvalue weighted by atomic mass is 9.82. The maximum atomic E-state index is 13.9. The van der Waals surface area contributed by atoms with Gasteiger partial charge in [-0.1, -0.05) is 54.2 Å². The van der Waals surface area contributed by atoms with Gasteiger partial charge in [0.2, 0.25) is 0 Å². The summed E-state index contributed by atoms with van der Waals surface area (Å²) in [6.07, 6.45) is 24.9. The van der Waals surface area contributed by atoms with Crippen molar-refractivity contribution in [3.63, 3.8) is 0 Å². The fraction of sp³-hybridized carbons (Fsp3) is 0.462. The van der Waals surface area contributed by atoms with Crippen LogP contribution in [-0.4, -0.2) is 41.5 Å². The van der Waals surface area contributed by atoms with Crippen molar-refractivity contribution < 1.29 is 23.9 Å². The minimum atomic E-state index is -0.375. The van der Waals surface area contributed by atoms with Gasteiger partial charge in [-0.2, -0.15) is 0 Å². The van der Waals surface area contributed by atoms with Crippen LogP contribution >= 0.6 is 0 Å². The molecule has 1 fully saturated rings. The van der Waals surface area contributed by atoms with Crippen molar-refractivity contribution in [1.82, 2.24) is 9.88 Å². The van der Waals surface area contributed by atoms with Gasteiger partial charge in [-0.15, -0.1) is 0 Å². The topological polar surface area (TPSA) is 99.0 Å². The summed E-state index contributed by atoms with van der Waals surface area (Å²) in [5.41, 5.74) is 13.0. The van der Waals surface area contributed by atoms with Crippen LogP contribution in [0.25, 0.3) is 11.1 Å². The molecule has 4 aliphatic rings. The van der Waals surface area contributed by atoms with Crippen LogP contribution in [0.15, 0.2) is 95.0 Å². The molecule has 2 aromatic rings. The molecule has 1 aromatic heterocycles. The molecule has 1 aromatic carbocycles. The van der Waals surface area contributed by atoms with E-state index in [0.29, 0.717) is 29.8 Å². The van der Waals surface area contributed by atoms with E-state index in [0.717, 1.165) is 129 Å². The van der Waals surface area contributed by atoms with Crippen molar-refractivity contribution >= 4 is 34.9 Å². The second-order valence-electron chi connectivity index (χ2n) is 17.2. The Labute approximate surface area is 358 Å². The predicted molar refractivity (Wildman–Crippen MR) is 244 cm³/mol. The quantitative estimate of drug-likeness (QED) is 0.0562. The number of fused-ring (bicyclic) bond motifs is 1. The maximum absolute atomic E-state index is 13.9. The number of ketones is 2. The number of aliphatic imine (C=N–C) groups is 1. The van der Waals surface area contributed by atoms with E-state index in [1.165, 1.54) is 30.2 Å². The fourth-order valence-electron chi connectivity index (χ4n) is 9.30. The lowest BCUT2D eigenvalue weighted by Crippen LogP contribution is -2.29. The van der Waals surface area contributed by atoms with E-state index < -0.39 is 0 Å². The molecule has 0 saturated carbocycles. The molecule has 0 bridgehead atoms. The molecule has 1 atom stereocenters. The van der Waals surface area contributed by atoms with Crippen molar-refractivity contribution in [2.75, 3.05) is 13.2 Å². The Balaban J connectivity index is 1.24. The first-order valence-corrected chi connectivity index (χ1v) is 22.1. The molecule has 0 radical (unpaired) electrons. The maximum Gasteiger partial charge on any atom is 0.302 e. The van der Waals surface area contributed by atoms with E-state index in [1.807, 2.05) is 38.3 Å². The molecule has 0 spiro atoms. The Bertz CT molecular complexity index is 2180. The summed E-state index contributed by atoms with van der Waals surface area (Å²) >= 11 is 0. The standard InChI is InChI=1S/C52H65N3O5/c1-8-39(29-47(50(58)28-34(2)3)54-51-24-22-42(25-26-53-51)40-16-11-18-41(19-12-17-40)44-31-59-32-44)45-23-21-36(5)52(46(45)33-60-38(7)57)35(4)14-13-27-55-48-20-10-9-15-43(48)30-49(55)37(6)56/h8,18,21,23-26,29-30,40,44,54H,2,4,9-17,19-20,22,27-28,31-33H2,1,3,5-7H3/b39-8+,41-18?,47-29+. The Morgan fingerprint density at radius 2 is 1.80 bits per heavy atom. The molecule has 8 heteroatoms. The average molecular weight is 812 g/mol. The van der Waals surface area contributed by atoms with Crippen LogP contribution in [0.1, 0.15) is 142 Å². The molecule has 2 aliphatic heterocycles. The Kier molecular flexibility index (Phi) is 15.5. The SMILES string of the molecule is C=C(C)CC(=O)/C(=C\C(=C/C)c1ccc(C)c(C(=C)CCCn2c(C(C)=O)cc3c2CCCC3)c1COC(C)=O)NC1=CCC(C2CCC=C(C3COC3)CCC2)=CC=N1. The number of aryl methyl sites for hydroxylation is 2. The van der Waals surface area contributed by atoms with Crippen LogP contribution in [0.2, 0.25) is 0 Å². The van der Waals surface area contributed by atoms with Crippen molar-refractivity contribution in [1.29, 1.82) is 0 Å². The van der Waals surface area contributed by atoms with Crippen LogP contribution in [0.3, 0.4) is 0 Å². The van der Waals surface area contributed by atoms with Gasteiger partial charge in [0.15, 0.2) is 11.6 Å². The summed E-state index contributed by atoms with van der Waals surface area (Å²) in [6.45, 7) is 20.1. The molecular weight excluding hydrogens is 747 g/mol. The molecule has 6 rings (SSSR count). The van der Waals surface area contributed by atoms with E-state index >= 15 is 0 Å². The third kappa shape index (κ3) is 11.2. The van der Waals surface area contributed by atoms with E-state index in [1.54, 1.807) is 12.5 Å². The third-order valence-electron chi connectivity index (χ3n) is 12.5. The van der Waals surface area contributed by atoms with Gasteiger partial charge in [-0.3, -0.25) is 14.4 Å². The fourth-order valence-corrected chi connectivity index (χ4v) is 9.30. The number of esters is 1. The van der Waals surface area contributed by atoms with E-state index in [4.69, 9.17) is 14.5 Å². The van der Waals surface area contributed by atoms with Crippen LogP contribution in [0.4, 0.5) is 0 Å². The molecule has 3 heterocycles. The number of hydrogen-bond acceptors (Lipinski definition) is 7. The number of carbonyl (C=O) groups excluding carboxylic acids is 3. The molecule has 2 aliphatic carbocycles. The van der Waals surface area contributed by atoms with Crippen molar-refractivity contribution in [3.8, 4) is 0 Å². The Morgan fingerprint density at radius 1 is 1.00 bits per heavy atom. The van der Waals surface area contributed by atoms with Crippen molar-refractivity contribution in [2.24, 2.45) is 16.8 Å². The Morgan fingerprint density at radius 3 is 2.52 bits per heavy atom. The zero-order valence-electron chi connectivity index (χ0n) is 36.7. The molecule has 1 N–H and O–H groups in total. The first kappa shape index (κ1) is 44.5. The minimum absolute atomic E-state index is 0.0606. The first-order chi connectivity index (χ1) is 28.9. The molecule has 318 valence electrons. The summed E-state index contributed by atoms with van der Waals surface area (Å²) in [6, 6.07) is 6.20. The predicted octanol–water partition coefficient (Wildman–Crippen LogP) is 11.2. The second-order valence-corrected chi connectivity index (χ2v) is 17.2. The van der Waals surface area contributed by atoms with E-state index in [9.17, 15) is 14.4 Å². The van der Waals surface area contributed by atoms with Gasteiger partial charge in [0.1, 0.15) is 12.4 Å². The molecule has 0 amide bonds. The molecule has 1 unspecified atom stereocenters. The lowest BCUT2D eigenvalue weighted by molar-refractivity contribution is -0.142. The molecule has 1 saturated heterocycles. The number of ether oxygens (including phenoxy) is 2. The molecule has 8 nitrogen and oxygen atoms in total. The number of rotatable bonds is 17. The van der Waals surface area contributed by atoms with E-state index in [-0.39, 0.29) is 30.6 Å². The zero-order valence-corrected chi connectivity index (χ0v) is 36.7. The highest BCUT2D eigenvalue weighted by Crippen LogP contribution is 2.36. The molecular formula is C52H65N3O5. The average Bonchev–Trinajstić information content (AvgIpc) is 3.39. The number of nitrogens with zero attached hydrogens (tertiary/aromatic N) is 2. The van der Waals surface area contributed by atoms with Gasteiger partial charge in [0.05, 0.1) is 24.6 Å². The normalized spacial score (nSPS) is 18.8. The number of benzene rings is 1. The monoisotopic (exact) mass is 811 g/mol.